The number of rotatable bonds is 0. The van der Waals surface area contributed by atoms with Crippen molar-refractivity contribution in [3.63, 3.8) is 0 Å². The Morgan fingerprint density at radius 1 is 0.706 bits per heavy atom. The van der Waals surface area contributed by atoms with Crippen molar-refractivity contribution in [1.29, 1.82) is 0 Å². The van der Waals surface area contributed by atoms with Gasteiger partial charge in [0.15, 0.2) is 0 Å². The van der Waals surface area contributed by atoms with Gasteiger partial charge in [-0.15, -0.1) is 0 Å². The maximum Gasteiger partial charge on any atom is 0 e. The van der Waals surface area contributed by atoms with Crippen molar-refractivity contribution >= 4 is 0 Å². The molecule has 0 heterocycles. The molecule has 0 N–H and O–H groups in total. The zero-order valence-corrected chi connectivity index (χ0v) is 13.3. The Morgan fingerprint density at radius 3 is 0.941 bits per heavy atom. The summed E-state index contributed by atoms with van der Waals surface area (Å²) < 4.78 is 22.5. The molecule has 17 heavy (non-hydrogen) atoms. The minimum atomic E-state index is 0. The van der Waals surface area contributed by atoms with Crippen molar-refractivity contribution in [2.24, 2.45) is 0 Å². The molecule has 0 aliphatic carbocycles. The third-order valence-electron chi connectivity index (χ3n) is 2.81. The van der Waals surface area contributed by atoms with Crippen molar-refractivity contribution in [2.45, 2.75) is 34.6 Å². The van der Waals surface area contributed by atoms with Crippen molar-refractivity contribution < 1.29 is 34.4 Å². The third-order valence-corrected chi connectivity index (χ3v) is 2.81. The number of hydrogen-bond donors (Lipinski definition) is 0. The number of hydrogen-bond acceptors (Lipinski definition) is 0. The van der Waals surface area contributed by atoms with Gasteiger partial charge < -0.3 is 0 Å². The molecule has 1 aromatic rings. The predicted molar refractivity (Wildman–Crippen MR) is 57.5 cm³/mol. The topological polar surface area (TPSA) is 59.7 Å². The average Bonchev–Trinajstić information content (AvgIpc) is 2.55. The fourth-order valence-electron chi connectivity index (χ4n) is 1.41. The minimum Gasteiger partial charge on any atom is 0 e. The van der Waals surface area contributed by atoms with Crippen LogP contribution in [0.25, 0.3) is 0 Å². The van der Waals surface area contributed by atoms with Gasteiger partial charge in [0, 0.05) is 20.4 Å². The van der Waals surface area contributed by atoms with Gasteiger partial charge in [0.1, 0.15) is 0 Å². The second kappa shape index (κ2) is 15.2. The molecular formula is C13H15O3Re-. The van der Waals surface area contributed by atoms with E-state index in [-0.39, 0.29) is 20.4 Å². The molecule has 93 valence electrons. The van der Waals surface area contributed by atoms with Crippen LogP contribution in [-0.2, 0) is 34.4 Å². The van der Waals surface area contributed by atoms with Gasteiger partial charge >= 0.3 is 33.9 Å². The van der Waals surface area contributed by atoms with E-state index in [0.29, 0.717) is 0 Å². The predicted octanol–water partition coefficient (Wildman–Crippen LogP) is 2.83. The summed E-state index contributed by atoms with van der Waals surface area (Å²) in [7, 11) is 0. The largest absolute Gasteiger partial charge is 0 e. The van der Waals surface area contributed by atoms with E-state index >= 15 is 0 Å². The molecule has 4 heteroatoms. The third kappa shape index (κ3) is 7.21. The fourth-order valence-corrected chi connectivity index (χ4v) is 1.41. The zero-order valence-electron chi connectivity index (χ0n) is 10.6. The fraction of sp³-hybridized carbons (Fsp3) is 0.385. The first-order valence-electron chi connectivity index (χ1n) is 4.36. The summed E-state index contributed by atoms with van der Waals surface area (Å²) in [5.74, 6) is 0. The van der Waals surface area contributed by atoms with Crippen molar-refractivity contribution in [2.75, 3.05) is 0 Å². The first-order chi connectivity index (χ1) is 7.55. The molecule has 0 aromatic heterocycles. The van der Waals surface area contributed by atoms with E-state index in [2.05, 4.69) is 54.6 Å². The normalized spacial score (nSPS) is 6.53. The van der Waals surface area contributed by atoms with Crippen LogP contribution in [0.2, 0.25) is 0 Å². The van der Waals surface area contributed by atoms with Gasteiger partial charge in [-0.1, -0.05) is 34.6 Å². The van der Waals surface area contributed by atoms with Crippen LogP contribution in [0.5, 0.6) is 0 Å². The molecule has 0 unspecified atom stereocenters. The zero-order chi connectivity index (χ0) is 13.9. The van der Waals surface area contributed by atoms with Crippen LogP contribution in [0.3, 0.4) is 0 Å². The monoisotopic (exact) mass is 406 g/mol. The quantitative estimate of drug-likeness (QED) is 0.471. The summed E-state index contributed by atoms with van der Waals surface area (Å²) in [5, 5.41) is 0. The van der Waals surface area contributed by atoms with E-state index in [0.717, 1.165) is 0 Å². The van der Waals surface area contributed by atoms with Crippen LogP contribution in [0, 0.1) is 54.6 Å². The molecule has 1 radical (unpaired) electrons. The Kier molecular flexibility index (Phi) is 22.6. The molecular weight excluding hydrogens is 390 g/mol. The van der Waals surface area contributed by atoms with Crippen LogP contribution in [0.4, 0.5) is 0 Å². The van der Waals surface area contributed by atoms with Crippen molar-refractivity contribution in [3.05, 3.63) is 47.8 Å². The van der Waals surface area contributed by atoms with E-state index in [1.54, 1.807) is 0 Å². The summed E-state index contributed by atoms with van der Waals surface area (Å²) in [6.07, 6.45) is 0. The summed E-state index contributed by atoms with van der Waals surface area (Å²) >= 11 is 0. The maximum absolute atomic E-state index is 7.50. The van der Waals surface area contributed by atoms with Gasteiger partial charge in [-0.05, 0) is 0 Å². The SMILES string of the molecule is Cc1c(C)c(C)[c-](C)c1C.[C-]#[O+].[C-]#[O+].[C-]#[O+].[Re]. The Bertz CT molecular complexity index is 276. The second-order valence-corrected chi connectivity index (χ2v) is 3.12. The summed E-state index contributed by atoms with van der Waals surface area (Å²) in [5.41, 5.74) is 7.34. The van der Waals surface area contributed by atoms with E-state index in [1.165, 1.54) is 27.8 Å². The molecule has 1 rings (SSSR count). The Morgan fingerprint density at radius 2 is 0.882 bits per heavy atom. The van der Waals surface area contributed by atoms with Crippen LogP contribution < -0.4 is 0 Å². The van der Waals surface area contributed by atoms with Gasteiger partial charge in [-0.3, -0.25) is 0 Å². The summed E-state index contributed by atoms with van der Waals surface area (Å²) in [6.45, 7) is 24.5. The molecule has 0 amide bonds. The van der Waals surface area contributed by atoms with Crippen molar-refractivity contribution in [1.82, 2.24) is 0 Å². The van der Waals surface area contributed by atoms with E-state index in [9.17, 15) is 0 Å². The molecule has 0 fully saturated rings. The molecule has 1 aromatic carbocycles. The summed E-state index contributed by atoms with van der Waals surface area (Å²) in [4.78, 5) is 0. The molecule has 0 saturated carbocycles. The molecule has 0 aliphatic heterocycles. The molecule has 3 nitrogen and oxygen atoms in total. The molecule has 0 saturated heterocycles. The van der Waals surface area contributed by atoms with Crippen LogP contribution in [0.15, 0.2) is 0 Å². The van der Waals surface area contributed by atoms with Gasteiger partial charge in [0.2, 0.25) is 0 Å². The average molecular weight is 405 g/mol. The molecule has 0 bridgehead atoms. The molecule has 0 spiro atoms. The van der Waals surface area contributed by atoms with Gasteiger partial charge in [0.05, 0.1) is 0 Å². The smallest absolute Gasteiger partial charge is 0 e. The Hall–Kier alpha value is -0.768. The van der Waals surface area contributed by atoms with E-state index in [1.807, 2.05) is 0 Å². The van der Waals surface area contributed by atoms with Crippen LogP contribution >= 0.6 is 0 Å². The standard InChI is InChI=1S/C10H15.3CO.Re/c1-6-7(2)9(4)10(5)8(6)3;3*1-2;/h1-5H3;;;;/q-1;;;;. The van der Waals surface area contributed by atoms with Crippen molar-refractivity contribution in [3.8, 4) is 0 Å². The van der Waals surface area contributed by atoms with Crippen LogP contribution in [-0.4, -0.2) is 0 Å². The van der Waals surface area contributed by atoms with Gasteiger partial charge in [-0.25, -0.2) is 0 Å². The Labute approximate surface area is 117 Å². The van der Waals surface area contributed by atoms with E-state index < -0.39 is 0 Å². The van der Waals surface area contributed by atoms with Crippen LogP contribution in [0.1, 0.15) is 27.8 Å². The first kappa shape index (κ1) is 25.2. The second-order valence-electron chi connectivity index (χ2n) is 3.12. The van der Waals surface area contributed by atoms with Gasteiger partial charge in [-0.2, -0.15) is 27.8 Å². The minimum absolute atomic E-state index is 0. The molecule has 0 atom stereocenters. The first-order valence-corrected chi connectivity index (χ1v) is 4.36. The maximum atomic E-state index is 7.50. The Balaban J connectivity index is -0.000000106. The molecule has 0 aliphatic rings. The van der Waals surface area contributed by atoms with Gasteiger partial charge in [0.25, 0.3) is 0 Å². The summed E-state index contributed by atoms with van der Waals surface area (Å²) in [6, 6.07) is 0. The van der Waals surface area contributed by atoms with E-state index in [4.69, 9.17) is 14.0 Å².